The third-order valence-corrected chi connectivity index (χ3v) is 9.22. The first kappa shape index (κ1) is 20.1. The molecule has 0 bridgehead atoms. The molecule has 1 aromatic heterocycles. The summed E-state index contributed by atoms with van der Waals surface area (Å²) in [5.74, 6) is 3.70. The van der Waals surface area contributed by atoms with Crippen LogP contribution in [-0.4, -0.2) is 43.4 Å². The van der Waals surface area contributed by atoms with Crippen molar-refractivity contribution in [2.75, 3.05) is 6.54 Å². The average Bonchev–Trinajstić information content (AvgIpc) is 3.30. The number of nitrogens with zero attached hydrogens (tertiary/aromatic N) is 4. The summed E-state index contributed by atoms with van der Waals surface area (Å²) in [7, 11) is 0. The van der Waals surface area contributed by atoms with Crippen molar-refractivity contribution in [1.82, 2.24) is 14.7 Å². The number of likely N-dealkylation sites (tertiary alicyclic amines) is 1. The zero-order valence-corrected chi connectivity index (χ0v) is 18.3. The summed E-state index contributed by atoms with van der Waals surface area (Å²) < 4.78 is 1.61. The molecule has 6 heteroatoms. The molecule has 7 atom stereocenters. The minimum absolute atomic E-state index is 0.0406. The van der Waals surface area contributed by atoms with Gasteiger partial charge in [-0.25, -0.2) is 4.85 Å². The predicted molar refractivity (Wildman–Crippen MR) is 114 cm³/mol. The molecule has 0 spiro atoms. The maximum atomic E-state index is 13.2. The molecule has 5 rings (SSSR count). The first-order valence-corrected chi connectivity index (χ1v) is 11.7. The quantitative estimate of drug-likeness (QED) is 0.749. The molecule has 1 aromatic rings. The summed E-state index contributed by atoms with van der Waals surface area (Å²) in [6, 6.07) is 0. The van der Waals surface area contributed by atoms with Gasteiger partial charge in [-0.2, -0.15) is 5.10 Å². The summed E-state index contributed by atoms with van der Waals surface area (Å²) in [5.41, 5.74) is -0.0222. The van der Waals surface area contributed by atoms with Gasteiger partial charge in [0.25, 0.3) is 0 Å². The minimum atomic E-state index is -0.465. The number of carbonyl (C=O) groups excluding carboxylic acids is 1. The molecule has 1 amide bonds. The Labute approximate surface area is 179 Å². The van der Waals surface area contributed by atoms with Crippen molar-refractivity contribution in [2.24, 2.45) is 29.6 Å². The lowest BCUT2D eigenvalue weighted by atomic mass is 9.51. The lowest BCUT2D eigenvalue weighted by molar-refractivity contribution is -0.142. The largest absolute Gasteiger partial charge is 0.390 e. The highest BCUT2D eigenvalue weighted by Crippen LogP contribution is 2.59. The fourth-order valence-corrected chi connectivity index (χ4v) is 7.90. The van der Waals surface area contributed by atoms with Crippen LogP contribution in [0.15, 0.2) is 12.4 Å². The van der Waals surface area contributed by atoms with E-state index in [0.717, 1.165) is 50.0 Å². The minimum Gasteiger partial charge on any atom is -0.390 e. The van der Waals surface area contributed by atoms with E-state index in [0.29, 0.717) is 17.5 Å². The Morgan fingerprint density at radius 1 is 1.20 bits per heavy atom. The Balaban J connectivity index is 1.30. The molecule has 162 valence electrons. The summed E-state index contributed by atoms with van der Waals surface area (Å²) in [6.45, 7) is 12.5. The third-order valence-electron chi connectivity index (χ3n) is 9.22. The van der Waals surface area contributed by atoms with Crippen molar-refractivity contribution in [1.29, 1.82) is 0 Å². The second-order valence-corrected chi connectivity index (χ2v) is 10.9. The molecule has 1 aliphatic heterocycles. The van der Waals surface area contributed by atoms with Crippen molar-refractivity contribution in [3.05, 3.63) is 23.8 Å². The molecule has 1 N–H and O–H groups in total. The Morgan fingerprint density at radius 2 is 2.00 bits per heavy atom. The third kappa shape index (κ3) is 3.17. The van der Waals surface area contributed by atoms with Crippen molar-refractivity contribution >= 4 is 11.6 Å². The molecule has 0 radical (unpaired) electrons. The Hall–Kier alpha value is -1.87. The maximum absolute atomic E-state index is 13.2. The van der Waals surface area contributed by atoms with Gasteiger partial charge in [0.2, 0.25) is 11.6 Å². The first-order chi connectivity index (χ1) is 14.3. The average molecular weight is 411 g/mol. The van der Waals surface area contributed by atoms with E-state index in [2.05, 4.69) is 21.8 Å². The van der Waals surface area contributed by atoms with Crippen LogP contribution in [0.25, 0.3) is 4.85 Å². The van der Waals surface area contributed by atoms with Gasteiger partial charge in [-0.05, 0) is 94.8 Å². The topological polar surface area (TPSA) is 62.7 Å². The number of carbonyl (C=O) groups is 1. The summed E-state index contributed by atoms with van der Waals surface area (Å²) >= 11 is 0. The molecule has 4 fully saturated rings. The summed E-state index contributed by atoms with van der Waals surface area (Å²) in [5, 5.41) is 14.7. The lowest BCUT2D eigenvalue weighted by Crippen LogP contribution is -2.57. The molecular weight excluding hydrogens is 376 g/mol. The van der Waals surface area contributed by atoms with Crippen LogP contribution in [0.2, 0.25) is 0 Å². The van der Waals surface area contributed by atoms with Gasteiger partial charge in [0, 0.05) is 18.3 Å². The van der Waals surface area contributed by atoms with Crippen LogP contribution in [0.1, 0.15) is 65.2 Å². The van der Waals surface area contributed by atoms with E-state index < -0.39 is 5.60 Å². The van der Waals surface area contributed by atoms with Crippen LogP contribution in [0.5, 0.6) is 0 Å². The number of aromatic nitrogens is 2. The number of fused-ring (bicyclic) bond motifs is 5. The van der Waals surface area contributed by atoms with Gasteiger partial charge in [-0.15, -0.1) is 0 Å². The zero-order chi connectivity index (χ0) is 21.1. The Bertz CT molecular complexity index is 871. The van der Waals surface area contributed by atoms with Gasteiger partial charge < -0.3 is 10.0 Å². The van der Waals surface area contributed by atoms with Gasteiger partial charge in [-0.1, -0.05) is 0 Å². The monoisotopic (exact) mass is 410 g/mol. The molecule has 0 aromatic carbocycles. The summed E-state index contributed by atoms with van der Waals surface area (Å²) in [6.07, 6.45) is 12.2. The predicted octanol–water partition coefficient (Wildman–Crippen LogP) is 4.03. The van der Waals surface area contributed by atoms with E-state index in [1.807, 2.05) is 6.92 Å². The van der Waals surface area contributed by atoms with Crippen LogP contribution in [-0.2, 0) is 11.3 Å². The van der Waals surface area contributed by atoms with E-state index >= 15 is 0 Å². The van der Waals surface area contributed by atoms with Crippen molar-refractivity contribution in [3.8, 4) is 0 Å². The molecule has 4 aliphatic rings. The molecule has 3 aliphatic carbocycles. The van der Waals surface area contributed by atoms with Crippen LogP contribution < -0.4 is 0 Å². The molecule has 2 heterocycles. The van der Waals surface area contributed by atoms with Crippen molar-refractivity contribution in [3.63, 3.8) is 0 Å². The van der Waals surface area contributed by atoms with Crippen LogP contribution in [0.4, 0.5) is 5.69 Å². The number of hydrogen-bond acceptors (Lipinski definition) is 3. The second-order valence-electron chi connectivity index (χ2n) is 10.9. The molecule has 3 saturated carbocycles. The van der Waals surface area contributed by atoms with E-state index in [1.165, 1.54) is 31.9 Å². The highest BCUT2D eigenvalue weighted by atomic mass is 16.3. The maximum Gasteiger partial charge on any atom is 0.244 e. The van der Waals surface area contributed by atoms with Crippen molar-refractivity contribution < 1.29 is 9.90 Å². The van der Waals surface area contributed by atoms with Crippen molar-refractivity contribution in [2.45, 2.75) is 82.9 Å². The number of aliphatic hydroxyl groups is 1. The lowest BCUT2D eigenvalue weighted by Gasteiger charge is -2.57. The van der Waals surface area contributed by atoms with Gasteiger partial charge in [-0.3, -0.25) is 9.48 Å². The van der Waals surface area contributed by atoms with E-state index in [1.54, 1.807) is 10.9 Å². The number of rotatable bonds is 2. The second kappa shape index (κ2) is 7.09. The van der Waals surface area contributed by atoms with Gasteiger partial charge in [0.15, 0.2) is 0 Å². The fourth-order valence-electron chi connectivity index (χ4n) is 7.90. The molecule has 30 heavy (non-hydrogen) atoms. The normalized spacial score (nSPS) is 42.7. The van der Waals surface area contributed by atoms with Crippen LogP contribution in [0.3, 0.4) is 0 Å². The summed E-state index contributed by atoms with van der Waals surface area (Å²) in [4.78, 5) is 18.7. The number of amides is 1. The highest BCUT2D eigenvalue weighted by molar-refractivity contribution is 5.77. The highest BCUT2D eigenvalue weighted by Gasteiger charge is 2.57. The first-order valence-electron chi connectivity index (χ1n) is 11.7. The Kier molecular flexibility index (Phi) is 4.74. The van der Waals surface area contributed by atoms with Crippen LogP contribution >= 0.6 is 0 Å². The van der Waals surface area contributed by atoms with Gasteiger partial charge >= 0.3 is 0 Å². The Morgan fingerprint density at radius 3 is 2.77 bits per heavy atom. The zero-order valence-electron chi connectivity index (χ0n) is 18.3. The molecule has 6 nitrogen and oxygen atoms in total. The molecule has 3 unspecified atom stereocenters. The van der Waals surface area contributed by atoms with Gasteiger partial charge in [0.05, 0.1) is 18.4 Å². The van der Waals surface area contributed by atoms with Crippen LogP contribution in [0, 0.1) is 36.2 Å². The SMILES string of the molecule is [C-]#[N+]c1cnn(CC(=O)N2CCC3C4CC[C@@H]5C[C@](C)(O)CC[C@@H]5C4CC[C@@]32C)c1. The fraction of sp³-hybridized carbons (Fsp3) is 0.792. The van der Waals surface area contributed by atoms with E-state index in [-0.39, 0.29) is 18.0 Å². The van der Waals surface area contributed by atoms with Gasteiger partial charge in [0.1, 0.15) is 6.54 Å². The smallest absolute Gasteiger partial charge is 0.244 e. The van der Waals surface area contributed by atoms with E-state index in [4.69, 9.17) is 6.57 Å². The molecular formula is C24H34N4O2. The number of hydrogen-bond donors (Lipinski definition) is 1. The standard InChI is InChI=1S/C24H34N4O2/c1-23(30)9-6-18-16(12-23)4-5-20-19(18)7-10-24(2)21(20)8-11-28(24)22(29)15-27-14-17(25-3)13-26-27/h13-14,16,18-21,30H,4-12,15H2,1-2H3/t16-,18+,19?,20?,21?,23-,24+/m1/s1. The van der Waals surface area contributed by atoms with E-state index in [9.17, 15) is 9.90 Å². The molecule has 1 saturated heterocycles.